The molecule has 0 heterocycles. The van der Waals surface area contributed by atoms with Gasteiger partial charge >= 0.3 is 5.97 Å². The summed E-state index contributed by atoms with van der Waals surface area (Å²) in [6.07, 6.45) is 0. The van der Waals surface area contributed by atoms with Crippen LogP contribution in [0.1, 0.15) is 31.8 Å². The van der Waals surface area contributed by atoms with Crippen molar-refractivity contribution in [3.05, 3.63) is 64.7 Å². The lowest BCUT2D eigenvalue weighted by Crippen LogP contribution is -2.13. The summed E-state index contributed by atoms with van der Waals surface area (Å²) < 4.78 is 0. The lowest BCUT2D eigenvalue weighted by molar-refractivity contribution is 0.0696. The Labute approximate surface area is 121 Å². The number of benzene rings is 2. The van der Waals surface area contributed by atoms with Crippen LogP contribution in [0.15, 0.2) is 42.5 Å². The molecule has 0 atom stereocenters. The molecule has 0 unspecified atom stereocenters. The fourth-order valence-electron chi connectivity index (χ4n) is 1.78. The Balaban J connectivity index is 2.22. The van der Waals surface area contributed by atoms with Gasteiger partial charge in [0.2, 0.25) is 0 Å². The Bertz CT molecular complexity index is 743. The first-order chi connectivity index (χ1) is 10.0. The molecule has 0 radical (unpaired) electrons. The second kappa shape index (κ2) is 5.88. The molecular weight excluding hydrogens is 268 g/mol. The van der Waals surface area contributed by atoms with Crippen molar-refractivity contribution in [1.82, 2.24) is 0 Å². The third kappa shape index (κ3) is 3.25. The molecule has 104 valence electrons. The summed E-state index contributed by atoms with van der Waals surface area (Å²) in [6, 6.07) is 12.7. The van der Waals surface area contributed by atoms with Crippen molar-refractivity contribution in [2.24, 2.45) is 0 Å². The lowest BCUT2D eigenvalue weighted by atomic mass is 10.1. The minimum atomic E-state index is -1.04. The van der Waals surface area contributed by atoms with Crippen LogP contribution in [0.4, 0.5) is 5.69 Å². The van der Waals surface area contributed by atoms with E-state index in [1.165, 1.54) is 24.3 Å². The van der Waals surface area contributed by atoms with E-state index in [0.29, 0.717) is 16.8 Å². The minimum absolute atomic E-state index is 0.120. The zero-order valence-corrected chi connectivity index (χ0v) is 11.3. The SMILES string of the molecule is Cc1ccc(C#N)cc1NC(=O)c1ccc(C(=O)O)cc1. The van der Waals surface area contributed by atoms with E-state index in [9.17, 15) is 9.59 Å². The normalized spacial score (nSPS) is 9.71. The number of amides is 1. The predicted molar refractivity (Wildman–Crippen MR) is 77.2 cm³/mol. The van der Waals surface area contributed by atoms with Gasteiger partial charge in [0, 0.05) is 11.3 Å². The molecule has 0 bridgehead atoms. The maximum absolute atomic E-state index is 12.1. The number of aromatic carboxylic acids is 1. The number of carboxylic acids is 1. The van der Waals surface area contributed by atoms with E-state index in [0.717, 1.165) is 5.56 Å². The first-order valence-corrected chi connectivity index (χ1v) is 6.16. The number of carboxylic acid groups (broad SMARTS) is 1. The number of hydrogen-bond donors (Lipinski definition) is 2. The second-order valence-corrected chi connectivity index (χ2v) is 4.48. The van der Waals surface area contributed by atoms with Gasteiger partial charge in [-0.1, -0.05) is 6.07 Å². The number of nitriles is 1. The van der Waals surface area contributed by atoms with Crippen LogP contribution in [0.3, 0.4) is 0 Å². The van der Waals surface area contributed by atoms with Gasteiger partial charge in [0.15, 0.2) is 0 Å². The van der Waals surface area contributed by atoms with E-state index >= 15 is 0 Å². The van der Waals surface area contributed by atoms with Gasteiger partial charge in [0.05, 0.1) is 17.2 Å². The number of carbonyl (C=O) groups is 2. The fraction of sp³-hybridized carbons (Fsp3) is 0.0625. The zero-order valence-electron chi connectivity index (χ0n) is 11.3. The van der Waals surface area contributed by atoms with Gasteiger partial charge < -0.3 is 10.4 Å². The highest BCUT2D eigenvalue weighted by molar-refractivity contribution is 6.05. The third-order valence-corrected chi connectivity index (χ3v) is 3.01. The molecule has 0 aliphatic carbocycles. The van der Waals surface area contributed by atoms with Gasteiger partial charge in [-0.3, -0.25) is 4.79 Å². The summed E-state index contributed by atoms with van der Waals surface area (Å²) in [6.45, 7) is 1.82. The molecule has 0 spiro atoms. The number of hydrogen-bond acceptors (Lipinski definition) is 3. The highest BCUT2D eigenvalue weighted by atomic mass is 16.4. The van der Waals surface area contributed by atoms with E-state index in [2.05, 4.69) is 5.32 Å². The van der Waals surface area contributed by atoms with E-state index < -0.39 is 5.97 Å². The number of rotatable bonds is 3. The van der Waals surface area contributed by atoms with Gasteiger partial charge in [0.25, 0.3) is 5.91 Å². The maximum Gasteiger partial charge on any atom is 0.335 e. The van der Waals surface area contributed by atoms with Crippen LogP contribution in [0.2, 0.25) is 0 Å². The molecule has 5 heteroatoms. The van der Waals surface area contributed by atoms with Crippen LogP contribution in [-0.4, -0.2) is 17.0 Å². The summed E-state index contributed by atoms with van der Waals surface area (Å²) in [4.78, 5) is 22.9. The van der Waals surface area contributed by atoms with Crippen LogP contribution in [-0.2, 0) is 0 Å². The van der Waals surface area contributed by atoms with Crippen LogP contribution in [0.25, 0.3) is 0 Å². The molecule has 2 rings (SSSR count). The molecule has 2 aromatic rings. The molecule has 5 nitrogen and oxygen atoms in total. The number of nitrogens with zero attached hydrogens (tertiary/aromatic N) is 1. The standard InChI is InChI=1S/C16H12N2O3/c1-10-2-3-11(9-17)8-14(10)18-15(19)12-4-6-13(7-5-12)16(20)21/h2-8H,1H3,(H,18,19)(H,20,21). The Morgan fingerprint density at radius 1 is 1.10 bits per heavy atom. The molecule has 2 aromatic carbocycles. The first kappa shape index (κ1) is 14.3. The van der Waals surface area contributed by atoms with Gasteiger partial charge in [-0.15, -0.1) is 0 Å². The first-order valence-electron chi connectivity index (χ1n) is 6.16. The third-order valence-electron chi connectivity index (χ3n) is 3.01. The van der Waals surface area contributed by atoms with Gasteiger partial charge in [-0.05, 0) is 48.9 Å². The zero-order chi connectivity index (χ0) is 15.4. The lowest BCUT2D eigenvalue weighted by Gasteiger charge is -2.09. The van der Waals surface area contributed by atoms with E-state index in [1.54, 1.807) is 18.2 Å². The summed E-state index contributed by atoms with van der Waals surface area (Å²) in [7, 11) is 0. The van der Waals surface area contributed by atoms with Gasteiger partial charge in [-0.2, -0.15) is 5.26 Å². The Kier molecular flexibility index (Phi) is 4.00. The molecule has 1 amide bonds. The largest absolute Gasteiger partial charge is 0.478 e. The molecule has 0 aliphatic heterocycles. The predicted octanol–water partition coefficient (Wildman–Crippen LogP) is 2.82. The molecule has 0 saturated carbocycles. The average Bonchev–Trinajstić information content (AvgIpc) is 2.49. The summed E-state index contributed by atoms with van der Waals surface area (Å²) >= 11 is 0. The van der Waals surface area contributed by atoms with Crippen LogP contribution < -0.4 is 5.32 Å². The monoisotopic (exact) mass is 280 g/mol. The quantitative estimate of drug-likeness (QED) is 0.904. The topological polar surface area (TPSA) is 90.2 Å². The van der Waals surface area contributed by atoms with Crippen molar-refractivity contribution in [2.45, 2.75) is 6.92 Å². The van der Waals surface area contributed by atoms with E-state index in [4.69, 9.17) is 10.4 Å². The molecule has 0 fully saturated rings. The van der Waals surface area contributed by atoms with Gasteiger partial charge in [-0.25, -0.2) is 4.79 Å². The van der Waals surface area contributed by atoms with Crippen molar-refractivity contribution in [1.29, 1.82) is 5.26 Å². The fourth-order valence-corrected chi connectivity index (χ4v) is 1.78. The Morgan fingerprint density at radius 3 is 2.29 bits per heavy atom. The van der Waals surface area contributed by atoms with E-state index in [1.807, 2.05) is 13.0 Å². The summed E-state index contributed by atoms with van der Waals surface area (Å²) in [5, 5.41) is 20.4. The van der Waals surface area contributed by atoms with Crippen molar-refractivity contribution >= 4 is 17.6 Å². The minimum Gasteiger partial charge on any atom is -0.478 e. The molecule has 0 saturated heterocycles. The number of carbonyl (C=O) groups excluding carboxylic acids is 1. The Hall–Kier alpha value is -3.13. The summed E-state index contributed by atoms with van der Waals surface area (Å²) in [5.74, 6) is -1.40. The average molecular weight is 280 g/mol. The van der Waals surface area contributed by atoms with Crippen molar-refractivity contribution in [2.75, 3.05) is 5.32 Å². The number of nitrogens with one attached hydrogen (secondary N) is 1. The Morgan fingerprint density at radius 2 is 1.71 bits per heavy atom. The van der Waals surface area contributed by atoms with Crippen LogP contribution in [0.5, 0.6) is 0 Å². The highest BCUT2D eigenvalue weighted by Gasteiger charge is 2.10. The molecule has 21 heavy (non-hydrogen) atoms. The van der Waals surface area contributed by atoms with Crippen LogP contribution in [0, 0.1) is 18.3 Å². The van der Waals surface area contributed by atoms with E-state index in [-0.39, 0.29) is 11.5 Å². The number of aryl methyl sites for hydroxylation is 1. The molecule has 0 aliphatic rings. The van der Waals surface area contributed by atoms with Crippen molar-refractivity contribution in [3.8, 4) is 6.07 Å². The van der Waals surface area contributed by atoms with Gasteiger partial charge in [0.1, 0.15) is 0 Å². The molecule has 0 aromatic heterocycles. The molecule has 2 N–H and O–H groups in total. The van der Waals surface area contributed by atoms with Crippen molar-refractivity contribution in [3.63, 3.8) is 0 Å². The maximum atomic E-state index is 12.1. The van der Waals surface area contributed by atoms with Crippen molar-refractivity contribution < 1.29 is 14.7 Å². The molecular formula is C16H12N2O3. The second-order valence-electron chi connectivity index (χ2n) is 4.48. The highest BCUT2D eigenvalue weighted by Crippen LogP contribution is 2.17. The summed E-state index contributed by atoms with van der Waals surface area (Å²) in [5.41, 5.74) is 2.32. The van der Waals surface area contributed by atoms with Crippen LogP contribution >= 0.6 is 0 Å². The smallest absolute Gasteiger partial charge is 0.335 e. The number of anilines is 1.